The summed E-state index contributed by atoms with van der Waals surface area (Å²) < 4.78 is 16.6. The largest absolute Gasteiger partial charge is 0.493 e. The molecule has 0 spiro atoms. The average Bonchev–Trinajstić information content (AvgIpc) is 2.82. The number of hydrogen-bond donors (Lipinski definition) is 1. The third-order valence-corrected chi connectivity index (χ3v) is 6.35. The summed E-state index contributed by atoms with van der Waals surface area (Å²) >= 11 is 5.95. The van der Waals surface area contributed by atoms with Gasteiger partial charge in [-0.2, -0.15) is 0 Å². The zero-order valence-corrected chi connectivity index (χ0v) is 19.4. The van der Waals surface area contributed by atoms with Crippen molar-refractivity contribution in [3.05, 3.63) is 82.2 Å². The molecule has 0 radical (unpaired) electrons. The highest BCUT2D eigenvalue weighted by Crippen LogP contribution is 2.46. The van der Waals surface area contributed by atoms with Gasteiger partial charge in [-0.3, -0.25) is 9.59 Å². The molecule has 33 heavy (non-hydrogen) atoms. The maximum atomic E-state index is 12.9. The Bertz CT molecular complexity index is 1120. The lowest BCUT2D eigenvalue weighted by Gasteiger charge is -2.38. The van der Waals surface area contributed by atoms with Gasteiger partial charge in [-0.25, -0.2) is 0 Å². The number of rotatable bonds is 6. The predicted molar refractivity (Wildman–Crippen MR) is 125 cm³/mol. The summed E-state index contributed by atoms with van der Waals surface area (Å²) in [4.78, 5) is 25.7. The minimum Gasteiger partial charge on any atom is -0.493 e. The highest BCUT2D eigenvalue weighted by atomic mass is 35.5. The molecule has 1 N–H and O–H groups in total. The number of hydrogen-bond acceptors (Lipinski definition) is 6. The van der Waals surface area contributed by atoms with Gasteiger partial charge in [-0.1, -0.05) is 36.4 Å². The summed E-state index contributed by atoms with van der Waals surface area (Å²) in [6, 6.07) is 12.9. The Kier molecular flexibility index (Phi) is 6.75. The number of carbonyl (C=O) groups excluding carboxylic acids is 2. The van der Waals surface area contributed by atoms with Crippen molar-refractivity contribution in [3.63, 3.8) is 0 Å². The molecule has 0 aromatic heterocycles. The number of Topliss-reactive ketones (excluding diaryl/α,β-unsaturated/α-hetero) is 1. The monoisotopic (exact) mass is 467 g/mol. The van der Waals surface area contributed by atoms with E-state index in [4.69, 9.17) is 25.8 Å². The SMILES string of the molecule is C=C1NC2=C(C(=O)CCC2)C(c2ccc(OCc3ccc(Cl)cc3)c(OC)c2)C1C(=O)OC. The van der Waals surface area contributed by atoms with E-state index in [2.05, 4.69) is 11.9 Å². The molecule has 2 atom stereocenters. The second kappa shape index (κ2) is 9.71. The number of ether oxygens (including phenoxy) is 3. The average molecular weight is 468 g/mol. The van der Waals surface area contributed by atoms with Crippen LogP contribution in [0.3, 0.4) is 0 Å². The molecule has 6 nitrogen and oxygen atoms in total. The quantitative estimate of drug-likeness (QED) is 0.607. The first-order valence-corrected chi connectivity index (χ1v) is 11.2. The summed E-state index contributed by atoms with van der Waals surface area (Å²) in [5.74, 6) is -0.557. The Balaban J connectivity index is 1.70. The fourth-order valence-electron chi connectivity index (χ4n) is 4.50. The Morgan fingerprint density at radius 3 is 2.58 bits per heavy atom. The van der Waals surface area contributed by atoms with Gasteiger partial charge >= 0.3 is 5.97 Å². The second-order valence-electron chi connectivity index (χ2n) is 8.12. The van der Waals surface area contributed by atoms with E-state index in [0.29, 0.717) is 40.8 Å². The molecule has 2 aromatic carbocycles. The van der Waals surface area contributed by atoms with Crippen molar-refractivity contribution < 1.29 is 23.8 Å². The van der Waals surface area contributed by atoms with Crippen LogP contribution in [0.15, 0.2) is 66.0 Å². The van der Waals surface area contributed by atoms with E-state index in [1.807, 2.05) is 36.4 Å². The molecular weight excluding hydrogens is 442 g/mol. The first-order valence-electron chi connectivity index (χ1n) is 10.8. The lowest BCUT2D eigenvalue weighted by atomic mass is 9.71. The van der Waals surface area contributed by atoms with E-state index in [1.165, 1.54) is 7.11 Å². The normalized spacial score (nSPS) is 20.1. The lowest BCUT2D eigenvalue weighted by molar-refractivity contribution is -0.144. The van der Waals surface area contributed by atoms with Crippen LogP contribution in [-0.2, 0) is 20.9 Å². The van der Waals surface area contributed by atoms with Crippen molar-refractivity contribution >= 4 is 23.4 Å². The van der Waals surface area contributed by atoms with Gasteiger partial charge < -0.3 is 19.5 Å². The highest BCUT2D eigenvalue weighted by molar-refractivity contribution is 6.30. The number of nitrogens with one attached hydrogen (secondary N) is 1. The van der Waals surface area contributed by atoms with Crippen molar-refractivity contribution in [3.8, 4) is 11.5 Å². The van der Waals surface area contributed by atoms with Crippen LogP contribution in [0.4, 0.5) is 0 Å². The van der Waals surface area contributed by atoms with Gasteiger partial charge in [0.05, 0.1) is 14.2 Å². The fraction of sp³-hybridized carbons (Fsp3) is 0.308. The van der Waals surface area contributed by atoms with Crippen molar-refractivity contribution in [2.24, 2.45) is 5.92 Å². The third-order valence-electron chi connectivity index (χ3n) is 6.10. The molecule has 2 unspecified atom stereocenters. The molecule has 0 saturated carbocycles. The Labute approximate surface area is 198 Å². The molecule has 1 heterocycles. The molecule has 0 bridgehead atoms. The zero-order chi connectivity index (χ0) is 23.5. The highest BCUT2D eigenvalue weighted by Gasteiger charge is 2.43. The molecular formula is C26H26ClNO5. The van der Waals surface area contributed by atoms with Gasteiger partial charge in [0.15, 0.2) is 17.3 Å². The molecule has 0 amide bonds. The molecule has 4 rings (SSSR count). The first kappa shape index (κ1) is 22.9. The Morgan fingerprint density at radius 1 is 1.12 bits per heavy atom. The van der Waals surface area contributed by atoms with Crippen LogP contribution in [0.2, 0.25) is 5.02 Å². The van der Waals surface area contributed by atoms with Gasteiger partial charge in [0, 0.05) is 34.3 Å². The van der Waals surface area contributed by atoms with Gasteiger partial charge in [-0.15, -0.1) is 0 Å². The van der Waals surface area contributed by atoms with Crippen LogP contribution in [0, 0.1) is 5.92 Å². The summed E-state index contributed by atoms with van der Waals surface area (Å²) in [6.07, 6.45) is 1.97. The van der Waals surface area contributed by atoms with E-state index in [0.717, 1.165) is 29.7 Å². The van der Waals surface area contributed by atoms with E-state index in [9.17, 15) is 9.59 Å². The zero-order valence-electron chi connectivity index (χ0n) is 18.7. The van der Waals surface area contributed by atoms with Crippen molar-refractivity contribution in [2.75, 3.05) is 14.2 Å². The van der Waals surface area contributed by atoms with Crippen LogP contribution in [-0.4, -0.2) is 26.0 Å². The van der Waals surface area contributed by atoms with Gasteiger partial charge in [-0.05, 0) is 48.2 Å². The number of methoxy groups -OCH3 is 2. The number of esters is 1. The van der Waals surface area contributed by atoms with Gasteiger partial charge in [0.25, 0.3) is 0 Å². The third kappa shape index (κ3) is 4.62. The predicted octanol–water partition coefficient (Wildman–Crippen LogP) is 4.92. The maximum absolute atomic E-state index is 12.9. The molecule has 2 aromatic rings. The number of benzene rings is 2. The summed E-state index contributed by atoms with van der Waals surface area (Å²) in [6.45, 7) is 4.41. The summed E-state index contributed by atoms with van der Waals surface area (Å²) in [5.41, 5.74) is 3.73. The molecule has 172 valence electrons. The van der Waals surface area contributed by atoms with Gasteiger partial charge in [0.1, 0.15) is 12.5 Å². The lowest BCUT2D eigenvalue weighted by Crippen LogP contribution is -2.40. The molecule has 0 saturated heterocycles. The minimum atomic E-state index is -0.721. The van der Waals surface area contributed by atoms with Crippen molar-refractivity contribution in [1.29, 1.82) is 0 Å². The second-order valence-corrected chi connectivity index (χ2v) is 8.56. The van der Waals surface area contributed by atoms with Crippen LogP contribution < -0.4 is 14.8 Å². The van der Waals surface area contributed by atoms with Crippen LogP contribution in [0.1, 0.15) is 36.3 Å². The van der Waals surface area contributed by atoms with Crippen LogP contribution in [0.25, 0.3) is 0 Å². The summed E-state index contributed by atoms with van der Waals surface area (Å²) in [7, 11) is 2.90. The smallest absolute Gasteiger partial charge is 0.315 e. The van der Waals surface area contributed by atoms with E-state index in [-0.39, 0.29) is 5.78 Å². The summed E-state index contributed by atoms with van der Waals surface area (Å²) in [5, 5.41) is 3.86. The Morgan fingerprint density at radius 2 is 1.88 bits per heavy atom. The molecule has 2 aliphatic rings. The minimum absolute atomic E-state index is 0.0391. The molecule has 1 aliphatic carbocycles. The van der Waals surface area contributed by atoms with Gasteiger partial charge in [0.2, 0.25) is 0 Å². The van der Waals surface area contributed by atoms with Crippen LogP contribution >= 0.6 is 11.6 Å². The van der Waals surface area contributed by atoms with Crippen LogP contribution in [0.5, 0.6) is 11.5 Å². The Hall–Kier alpha value is -3.25. The van der Waals surface area contributed by atoms with Crippen molar-refractivity contribution in [1.82, 2.24) is 5.32 Å². The van der Waals surface area contributed by atoms with E-state index >= 15 is 0 Å². The fourth-order valence-corrected chi connectivity index (χ4v) is 4.62. The van der Waals surface area contributed by atoms with E-state index in [1.54, 1.807) is 13.2 Å². The number of allylic oxidation sites excluding steroid dienone is 2. The van der Waals surface area contributed by atoms with E-state index < -0.39 is 17.8 Å². The number of ketones is 1. The standard InChI is InChI=1S/C26H26ClNO5/c1-15-23(26(30)32-3)24(25-19(28-15)5-4-6-20(25)29)17-9-12-21(22(13-17)31-2)33-14-16-7-10-18(27)11-8-16/h7-13,23-24,28H,1,4-6,14H2,2-3H3. The van der Waals surface area contributed by atoms with Crippen molar-refractivity contribution in [2.45, 2.75) is 31.8 Å². The number of halogens is 1. The maximum Gasteiger partial charge on any atom is 0.315 e. The number of carbonyl (C=O) groups is 2. The molecule has 7 heteroatoms. The molecule has 0 fully saturated rings. The topological polar surface area (TPSA) is 73.9 Å². The first-order chi connectivity index (χ1) is 15.9. The molecule has 1 aliphatic heterocycles.